The molecule has 0 saturated heterocycles. The number of aromatic nitrogens is 2. The molecule has 2 fully saturated rings. The van der Waals surface area contributed by atoms with Crippen LogP contribution in [0.4, 0.5) is 4.39 Å². The molecule has 2 aromatic heterocycles. The van der Waals surface area contributed by atoms with E-state index in [9.17, 15) is 14.0 Å². The average Bonchev–Trinajstić information content (AvgIpc) is 3.37. The van der Waals surface area contributed by atoms with Crippen molar-refractivity contribution < 1.29 is 23.1 Å². The van der Waals surface area contributed by atoms with Crippen LogP contribution in [0.25, 0.3) is 0 Å². The number of halogens is 1. The number of methoxy groups -OCH3 is 1. The van der Waals surface area contributed by atoms with Gasteiger partial charge in [-0.3, -0.25) is 14.6 Å². The third kappa shape index (κ3) is 4.88. The van der Waals surface area contributed by atoms with Gasteiger partial charge in [0.05, 0.1) is 6.10 Å². The van der Waals surface area contributed by atoms with Crippen LogP contribution in [0, 0.1) is 11.2 Å². The average molecular weight is 493 g/mol. The van der Waals surface area contributed by atoms with Crippen molar-refractivity contribution in [3.05, 3.63) is 84.1 Å². The topological polar surface area (TPSA) is 97.6 Å². The zero-order valence-corrected chi connectivity index (χ0v) is 20.1. The van der Waals surface area contributed by atoms with Crippen molar-refractivity contribution in [2.24, 2.45) is 5.41 Å². The van der Waals surface area contributed by atoms with Crippen molar-refractivity contribution in [1.82, 2.24) is 20.2 Å². The molecule has 3 aromatic rings. The van der Waals surface area contributed by atoms with E-state index in [0.29, 0.717) is 18.5 Å². The van der Waals surface area contributed by atoms with Gasteiger partial charge in [-0.15, -0.1) is 0 Å². The Morgan fingerprint density at radius 1 is 1.25 bits per heavy atom. The van der Waals surface area contributed by atoms with Crippen molar-refractivity contribution in [1.29, 1.82) is 0 Å². The molecular formula is C27H29FN4O4. The lowest BCUT2D eigenvalue weighted by Gasteiger charge is -2.60. The van der Waals surface area contributed by atoms with Crippen LogP contribution in [0.2, 0.25) is 0 Å². The van der Waals surface area contributed by atoms with Crippen molar-refractivity contribution in [3.8, 4) is 0 Å². The van der Waals surface area contributed by atoms with Crippen LogP contribution in [0.3, 0.4) is 0 Å². The van der Waals surface area contributed by atoms with Gasteiger partial charge < -0.3 is 19.4 Å². The third-order valence-corrected chi connectivity index (χ3v) is 7.40. The van der Waals surface area contributed by atoms with Crippen molar-refractivity contribution in [3.63, 3.8) is 0 Å². The lowest BCUT2D eigenvalue weighted by Crippen LogP contribution is -2.61. The quantitative estimate of drug-likeness (QED) is 0.489. The van der Waals surface area contributed by atoms with E-state index in [1.165, 1.54) is 24.8 Å². The fourth-order valence-electron chi connectivity index (χ4n) is 5.58. The summed E-state index contributed by atoms with van der Waals surface area (Å²) in [6.07, 6.45) is 9.98. The highest BCUT2D eigenvalue weighted by molar-refractivity contribution is 5.96. The van der Waals surface area contributed by atoms with Crippen LogP contribution in [0.1, 0.15) is 53.3 Å². The minimum Gasteiger partial charge on any atom is -0.451 e. The Morgan fingerprint density at radius 2 is 2.08 bits per heavy atom. The highest BCUT2D eigenvalue weighted by Crippen LogP contribution is 2.59. The lowest BCUT2D eigenvalue weighted by atomic mass is 9.52. The highest BCUT2D eigenvalue weighted by Gasteiger charge is 2.56. The van der Waals surface area contributed by atoms with Gasteiger partial charge in [-0.2, -0.15) is 0 Å². The molecule has 8 nitrogen and oxygen atoms in total. The Hall–Kier alpha value is -3.59. The predicted molar refractivity (Wildman–Crippen MR) is 128 cm³/mol. The molecule has 2 amide bonds. The van der Waals surface area contributed by atoms with Gasteiger partial charge >= 0.3 is 0 Å². The summed E-state index contributed by atoms with van der Waals surface area (Å²) in [5.41, 5.74) is 1.70. The van der Waals surface area contributed by atoms with E-state index < -0.39 is 6.04 Å². The number of oxazole rings is 1. The van der Waals surface area contributed by atoms with Gasteiger partial charge in [0.2, 0.25) is 5.91 Å². The zero-order chi connectivity index (χ0) is 25.1. The van der Waals surface area contributed by atoms with E-state index in [4.69, 9.17) is 9.15 Å². The van der Waals surface area contributed by atoms with Crippen molar-refractivity contribution >= 4 is 11.8 Å². The summed E-state index contributed by atoms with van der Waals surface area (Å²) < 4.78 is 24.1. The third-order valence-electron chi connectivity index (χ3n) is 7.40. The number of nitrogens with zero attached hydrogens (tertiary/aromatic N) is 3. The van der Waals surface area contributed by atoms with Gasteiger partial charge in [0.1, 0.15) is 18.1 Å². The van der Waals surface area contributed by atoms with E-state index in [2.05, 4.69) is 15.3 Å². The number of ether oxygens (including phenoxy) is 1. The Labute approximate surface area is 208 Å². The minimum atomic E-state index is -0.893. The molecule has 2 aliphatic rings. The highest BCUT2D eigenvalue weighted by atomic mass is 19.1. The van der Waals surface area contributed by atoms with Crippen LogP contribution in [-0.2, 0) is 16.0 Å². The van der Waals surface area contributed by atoms with Gasteiger partial charge in [-0.05, 0) is 61.3 Å². The van der Waals surface area contributed by atoms with E-state index in [0.717, 1.165) is 31.2 Å². The maximum absolute atomic E-state index is 13.7. The van der Waals surface area contributed by atoms with Crippen LogP contribution in [-0.4, -0.2) is 52.5 Å². The molecule has 1 aromatic carbocycles. The molecule has 1 unspecified atom stereocenters. The Balaban J connectivity index is 1.38. The van der Waals surface area contributed by atoms with Gasteiger partial charge in [0.15, 0.2) is 12.1 Å². The molecule has 2 saturated carbocycles. The van der Waals surface area contributed by atoms with E-state index in [1.807, 2.05) is 6.07 Å². The number of carbonyl (C=O) groups excluding carboxylic acids is 2. The fraction of sp³-hybridized carbons (Fsp3) is 0.407. The number of rotatable bonds is 9. The number of benzene rings is 1. The van der Waals surface area contributed by atoms with Crippen LogP contribution in [0.15, 0.2) is 65.9 Å². The first-order valence-corrected chi connectivity index (χ1v) is 12.1. The Morgan fingerprint density at radius 3 is 2.75 bits per heavy atom. The smallest absolute Gasteiger partial charge is 0.277 e. The fourth-order valence-corrected chi connectivity index (χ4v) is 5.58. The second-order valence-electron chi connectivity index (χ2n) is 9.77. The zero-order valence-electron chi connectivity index (χ0n) is 20.1. The maximum atomic E-state index is 13.7. The molecule has 5 rings (SSSR count). The van der Waals surface area contributed by atoms with Crippen molar-refractivity contribution in [2.45, 2.75) is 50.3 Å². The predicted octanol–water partition coefficient (Wildman–Crippen LogP) is 3.71. The largest absolute Gasteiger partial charge is 0.451 e. The van der Waals surface area contributed by atoms with E-state index in [1.54, 1.807) is 42.6 Å². The molecule has 1 atom stereocenters. The van der Waals surface area contributed by atoms with Crippen LogP contribution < -0.4 is 5.32 Å². The Bertz CT molecular complexity index is 1190. The number of hydrogen-bond donors (Lipinski definition) is 1. The van der Waals surface area contributed by atoms with Gasteiger partial charge in [-0.25, -0.2) is 9.37 Å². The summed E-state index contributed by atoms with van der Waals surface area (Å²) in [6, 6.07) is 8.81. The van der Waals surface area contributed by atoms with E-state index in [-0.39, 0.29) is 40.9 Å². The van der Waals surface area contributed by atoms with Gasteiger partial charge in [-0.1, -0.05) is 18.2 Å². The molecule has 188 valence electrons. The number of amides is 2. The molecule has 0 bridgehead atoms. The molecule has 9 heteroatoms. The molecule has 1 N–H and O–H groups in total. The molecule has 0 radical (unpaired) electrons. The summed E-state index contributed by atoms with van der Waals surface area (Å²) in [4.78, 5) is 37.2. The molecule has 1 spiro atoms. The normalized spacial score (nSPS) is 23.4. The summed E-state index contributed by atoms with van der Waals surface area (Å²) >= 11 is 0. The van der Waals surface area contributed by atoms with Gasteiger partial charge in [0, 0.05) is 37.7 Å². The number of hydrogen-bond acceptors (Lipinski definition) is 6. The first kappa shape index (κ1) is 24.1. The first-order valence-electron chi connectivity index (χ1n) is 12.1. The first-order chi connectivity index (χ1) is 17.5. The molecular weight excluding hydrogens is 463 g/mol. The molecule has 0 aliphatic heterocycles. The lowest BCUT2D eigenvalue weighted by molar-refractivity contribution is -0.143. The Kier molecular flexibility index (Phi) is 6.82. The standard InChI is InChI=1S/C27H29FN4O4/c1-35-22-13-27(14-22)11-21(12-27)32(26(34)23-16-36-17-31-23)24(19-5-3-8-29-15-19)25(33)30-9-7-18-4-2-6-20(28)10-18/h2-6,8,10,15-17,21-22,24H,7,9,11-14H2,1H3,(H,30,33). The van der Waals surface area contributed by atoms with Gasteiger partial charge in [0.25, 0.3) is 5.91 Å². The number of pyridine rings is 1. The molecule has 2 heterocycles. The van der Waals surface area contributed by atoms with Crippen LogP contribution >= 0.6 is 0 Å². The summed E-state index contributed by atoms with van der Waals surface area (Å²) in [5.74, 6) is -0.997. The summed E-state index contributed by atoms with van der Waals surface area (Å²) in [6.45, 7) is 0.301. The molecule has 36 heavy (non-hydrogen) atoms. The summed E-state index contributed by atoms with van der Waals surface area (Å²) in [5, 5.41) is 2.95. The number of nitrogens with one attached hydrogen (secondary N) is 1. The second-order valence-corrected chi connectivity index (χ2v) is 9.77. The molecule has 2 aliphatic carbocycles. The minimum absolute atomic E-state index is 0.133. The summed E-state index contributed by atoms with van der Waals surface area (Å²) in [7, 11) is 1.72. The second kappa shape index (κ2) is 10.2. The van der Waals surface area contributed by atoms with Crippen LogP contribution in [0.5, 0.6) is 0 Å². The SMILES string of the molecule is COC1CC2(C1)CC(N(C(=O)c1cocn1)C(C(=O)NCCc1cccc(F)c1)c1cccnc1)C2. The monoisotopic (exact) mass is 492 g/mol. The maximum Gasteiger partial charge on any atom is 0.277 e. The number of carbonyl (C=O) groups is 2. The van der Waals surface area contributed by atoms with E-state index >= 15 is 0 Å². The van der Waals surface area contributed by atoms with Crippen molar-refractivity contribution in [2.75, 3.05) is 13.7 Å².